The molecule has 1 aromatic rings. The number of hydrogen-bond acceptors (Lipinski definition) is 2. The lowest BCUT2D eigenvalue weighted by Gasteiger charge is -2.33. The van der Waals surface area contributed by atoms with E-state index < -0.39 is 23.4 Å². The van der Waals surface area contributed by atoms with Crippen molar-refractivity contribution in [3.8, 4) is 0 Å². The van der Waals surface area contributed by atoms with Crippen molar-refractivity contribution in [3.63, 3.8) is 0 Å². The molecule has 1 aliphatic rings. The van der Waals surface area contributed by atoms with Crippen LogP contribution in [-0.4, -0.2) is 22.1 Å². The zero-order valence-corrected chi connectivity index (χ0v) is 8.94. The fourth-order valence-corrected chi connectivity index (χ4v) is 2.03. The van der Waals surface area contributed by atoms with Crippen LogP contribution in [0.15, 0.2) is 30.3 Å². The third kappa shape index (κ3) is 1.70. The summed E-state index contributed by atoms with van der Waals surface area (Å²) >= 11 is 0. The highest BCUT2D eigenvalue weighted by Gasteiger charge is 2.65. The Labute approximate surface area is 96.7 Å². The zero-order chi connectivity index (χ0) is 12.7. The molecule has 0 amide bonds. The van der Waals surface area contributed by atoms with Crippen LogP contribution in [0.1, 0.15) is 18.4 Å². The molecule has 1 aromatic carbocycles. The summed E-state index contributed by atoms with van der Waals surface area (Å²) < 4.78 is 27.4. The number of aliphatic carboxylic acids is 1. The minimum absolute atomic E-state index is 0.0464. The van der Waals surface area contributed by atoms with Gasteiger partial charge in [0.1, 0.15) is 0 Å². The fourth-order valence-electron chi connectivity index (χ4n) is 2.03. The molecule has 17 heavy (non-hydrogen) atoms. The SMILES string of the molecule is O=C(O)C(F)(F)C(O)(c1ccccc1)C1CC1. The molecule has 1 saturated carbocycles. The molecule has 1 unspecified atom stereocenters. The molecule has 0 heterocycles. The quantitative estimate of drug-likeness (QED) is 0.849. The third-order valence-electron chi connectivity index (χ3n) is 3.13. The summed E-state index contributed by atoms with van der Waals surface area (Å²) in [4.78, 5) is 10.7. The molecule has 5 heteroatoms. The lowest BCUT2D eigenvalue weighted by molar-refractivity contribution is -0.218. The maximum Gasteiger partial charge on any atom is 0.378 e. The predicted octanol–water partition coefficient (Wildman–Crippen LogP) is 2.00. The van der Waals surface area contributed by atoms with Crippen LogP contribution in [0.4, 0.5) is 8.78 Å². The number of carboxylic acid groups (broad SMARTS) is 1. The van der Waals surface area contributed by atoms with Crippen LogP contribution in [0.3, 0.4) is 0 Å². The van der Waals surface area contributed by atoms with Crippen molar-refractivity contribution >= 4 is 5.97 Å². The molecule has 92 valence electrons. The van der Waals surface area contributed by atoms with E-state index in [2.05, 4.69) is 0 Å². The topological polar surface area (TPSA) is 57.5 Å². The number of alkyl halides is 2. The summed E-state index contributed by atoms with van der Waals surface area (Å²) in [5, 5.41) is 18.8. The molecule has 0 aliphatic heterocycles. The number of carbonyl (C=O) groups is 1. The van der Waals surface area contributed by atoms with E-state index in [1.165, 1.54) is 24.3 Å². The average Bonchev–Trinajstić information content (AvgIpc) is 3.12. The highest BCUT2D eigenvalue weighted by molar-refractivity contribution is 5.77. The first-order valence-corrected chi connectivity index (χ1v) is 5.30. The van der Waals surface area contributed by atoms with Crippen molar-refractivity contribution in [2.75, 3.05) is 0 Å². The second kappa shape index (κ2) is 3.77. The number of carboxylic acids is 1. The van der Waals surface area contributed by atoms with Gasteiger partial charge in [0.15, 0.2) is 5.60 Å². The Morgan fingerprint density at radius 1 is 1.24 bits per heavy atom. The van der Waals surface area contributed by atoms with Gasteiger partial charge < -0.3 is 10.2 Å². The molecule has 1 atom stereocenters. The van der Waals surface area contributed by atoms with Gasteiger partial charge in [0, 0.05) is 0 Å². The fraction of sp³-hybridized carbons (Fsp3) is 0.417. The maximum absolute atomic E-state index is 13.7. The predicted molar refractivity (Wildman–Crippen MR) is 55.6 cm³/mol. The number of halogens is 2. The Morgan fingerprint density at radius 3 is 2.18 bits per heavy atom. The molecular formula is C12H12F2O3. The van der Waals surface area contributed by atoms with Gasteiger partial charge in [-0.1, -0.05) is 30.3 Å². The van der Waals surface area contributed by atoms with E-state index >= 15 is 0 Å². The Bertz CT molecular complexity index is 429. The van der Waals surface area contributed by atoms with Gasteiger partial charge >= 0.3 is 11.9 Å². The first-order valence-electron chi connectivity index (χ1n) is 5.30. The van der Waals surface area contributed by atoms with Gasteiger partial charge in [0.05, 0.1) is 0 Å². The van der Waals surface area contributed by atoms with Gasteiger partial charge in [0.2, 0.25) is 0 Å². The standard InChI is InChI=1S/C12H12F2O3/c13-12(14,10(15)16)11(17,9-6-7-9)8-4-2-1-3-5-8/h1-5,9,17H,6-7H2,(H,15,16). The molecule has 0 radical (unpaired) electrons. The minimum atomic E-state index is -4.19. The van der Waals surface area contributed by atoms with E-state index in [-0.39, 0.29) is 5.56 Å². The van der Waals surface area contributed by atoms with E-state index in [1.807, 2.05) is 0 Å². The Morgan fingerprint density at radius 2 is 1.76 bits per heavy atom. The minimum Gasteiger partial charge on any atom is -0.477 e. The maximum atomic E-state index is 13.7. The van der Waals surface area contributed by atoms with Crippen LogP contribution < -0.4 is 0 Å². The van der Waals surface area contributed by atoms with E-state index in [0.717, 1.165) is 0 Å². The van der Waals surface area contributed by atoms with E-state index in [9.17, 15) is 18.7 Å². The molecule has 2 rings (SSSR count). The molecule has 0 aromatic heterocycles. The Hall–Kier alpha value is -1.49. The van der Waals surface area contributed by atoms with E-state index in [1.54, 1.807) is 6.07 Å². The van der Waals surface area contributed by atoms with Crippen LogP contribution in [0, 0.1) is 5.92 Å². The summed E-state index contributed by atoms with van der Waals surface area (Å²) in [6.45, 7) is 0. The molecule has 1 fully saturated rings. The van der Waals surface area contributed by atoms with Crippen LogP contribution in [0.2, 0.25) is 0 Å². The molecule has 3 nitrogen and oxygen atoms in total. The van der Waals surface area contributed by atoms with Gasteiger partial charge in [-0.25, -0.2) is 4.79 Å². The molecule has 2 N–H and O–H groups in total. The Balaban J connectivity index is 2.51. The highest BCUT2D eigenvalue weighted by Crippen LogP contribution is 2.53. The van der Waals surface area contributed by atoms with Crippen molar-refractivity contribution in [2.45, 2.75) is 24.4 Å². The normalized spacial score (nSPS) is 19.7. The summed E-state index contributed by atoms with van der Waals surface area (Å²) in [6, 6.07) is 7.28. The van der Waals surface area contributed by atoms with Gasteiger partial charge in [-0.05, 0) is 24.3 Å². The average molecular weight is 242 g/mol. The van der Waals surface area contributed by atoms with E-state index in [4.69, 9.17) is 5.11 Å². The van der Waals surface area contributed by atoms with Crippen LogP contribution in [0.5, 0.6) is 0 Å². The number of benzene rings is 1. The largest absolute Gasteiger partial charge is 0.477 e. The zero-order valence-electron chi connectivity index (χ0n) is 8.94. The number of aliphatic hydroxyl groups is 1. The molecule has 0 bridgehead atoms. The van der Waals surface area contributed by atoms with Crippen LogP contribution in [-0.2, 0) is 10.4 Å². The van der Waals surface area contributed by atoms with Gasteiger partial charge in [-0.15, -0.1) is 0 Å². The second-order valence-electron chi connectivity index (χ2n) is 4.29. The first kappa shape index (κ1) is 12.0. The van der Waals surface area contributed by atoms with Crippen molar-refractivity contribution in [2.24, 2.45) is 5.92 Å². The highest BCUT2D eigenvalue weighted by atomic mass is 19.3. The van der Waals surface area contributed by atoms with E-state index in [0.29, 0.717) is 12.8 Å². The van der Waals surface area contributed by atoms with Gasteiger partial charge in [-0.3, -0.25) is 0 Å². The van der Waals surface area contributed by atoms with Crippen molar-refractivity contribution < 1.29 is 23.8 Å². The summed E-state index contributed by atoms with van der Waals surface area (Å²) in [6.07, 6.45) is 0.822. The lowest BCUT2D eigenvalue weighted by Crippen LogP contribution is -2.52. The number of hydrogen-bond donors (Lipinski definition) is 2. The lowest BCUT2D eigenvalue weighted by atomic mass is 9.82. The smallest absolute Gasteiger partial charge is 0.378 e. The molecule has 0 spiro atoms. The molecular weight excluding hydrogens is 230 g/mol. The summed E-state index contributed by atoms with van der Waals surface area (Å²) in [7, 11) is 0. The first-order chi connectivity index (χ1) is 7.90. The second-order valence-corrected chi connectivity index (χ2v) is 4.29. The van der Waals surface area contributed by atoms with Crippen LogP contribution >= 0.6 is 0 Å². The van der Waals surface area contributed by atoms with Crippen LogP contribution in [0.25, 0.3) is 0 Å². The molecule has 1 aliphatic carbocycles. The third-order valence-corrected chi connectivity index (χ3v) is 3.13. The van der Waals surface area contributed by atoms with Gasteiger partial charge in [-0.2, -0.15) is 8.78 Å². The van der Waals surface area contributed by atoms with Gasteiger partial charge in [0.25, 0.3) is 0 Å². The summed E-state index contributed by atoms with van der Waals surface area (Å²) in [5.74, 6) is -7.18. The van der Waals surface area contributed by atoms with Crippen molar-refractivity contribution in [1.82, 2.24) is 0 Å². The summed E-state index contributed by atoms with van der Waals surface area (Å²) in [5.41, 5.74) is -2.66. The van der Waals surface area contributed by atoms with Crippen molar-refractivity contribution in [1.29, 1.82) is 0 Å². The Kier molecular flexibility index (Phi) is 2.66. The van der Waals surface area contributed by atoms with Crippen molar-refractivity contribution in [3.05, 3.63) is 35.9 Å². The monoisotopic (exact) mass is 242 g/mol. The number of rotatable bonds is 4. The molecule has 0 saturated heterocycles.